The van der Waals surface area contributed by atoms with E-state index < -0.39 is 17.2 Å². The predicted molar refractivity (Wildman–Crippen MR) is 133 cm³/mol. The van der Waals surface area contributed by atoms with E-state index in [1.807, 2.05) is 32.0 Å². The van der Waals surface area contributed by atoms with Crippen molar-refractivity contribution in [3.63, 3.8) is 0 Å². The zero-order chi connectivity index (χ0) is 25.1. The van der Waals surface area contributed by atoms with Gasteiger partial charge in [0.1, 0.15) is 23.8 Å². The van der Waals surface area contributed by atoms with Crippen molar-refractivity contribution in [1.82, 2.24) is 4.31 Å². The number of allylic oxidation sites excluding steroid dienone is 4. The van der Waals surface area contributed by atoms with E-state index in [1.165, 1.54) is 12.5 Å². The van der Waals surface area contributed by atoms with Crippen LogP contribution in [0.5, 0.6) is 0 Å². The van der Waals surface area contributed by atoms with Crippen molar-refractivity contribution >= 4 is 22.8 Å². The van der Waals surface area contributed by atoms with Crippen LogP contribution in [0.2, 0.25) is 0 Å². The molecule has 1 aromatic carbocycles. The largest absolute Gasteiger partial charge is 0.444 e. The van der Waals surface area contributed by atoms with Crippen LogP contribution in [-0.4, -0.2) is 47.1 Å². The van der Waals surface area contributed by atoms with Gasteiger partial charge in [0.2, 0.25) is 0 Å². The van der Waals surface area contributed by atoms with E-state index in [1.54, 1.807) is 22.2 Å². The number of benzene rings is 1. The van der Waals surface area contributed by atoms with Gasteiger partial charge >= 0.3 is 6.09 Å². The number of piperidine rings is 1. The highest BCUT2D eigenvalue weighted by atomic mass is 32.2. The Bertz CT molecular complexity index is 859. The molecule has 3 rings (SSSR count). The lowest BCUT2D eigenvalue weighted by atomic mass is 10.00. The van der Waals surface area contributed by atoms with Gasteiger partial charge in [-0.05, 0) is 59.9 Å². The van der Waals surface area contributed by atoms with Gasteiger partial charge in [-0.3, -0.25) is 9.29 Å². The second-order valence-electron chi connectivity index (χ2n) is 8.09. The lowest BCUT2D eigenvalue weighted by molar-refractivity contribution is 0.136. The maximum absolute atomic E-state index is 13.6. The van der Waals surface area contributed by atoms with E-state index in [0.717, 1.165) is 16.8 Å². The zero-order valence-electron chi connectivity index (χ0n) is 20.9. The number of hydrogen-bond donors (Lipinski definition) is 0. The molecule has 8 heteroatoms. The first-order valence-corrected chi connectivity index (χ1v) is 12.3. The average Bonchev–Trinajstić information content (AvgIpc) is 2.81. The highest BCUT2D eigenvalue weighted by Crippen LogP contribution is 2.35. The summed E-state index contributed by atoms with van der Waals surface area (Å²) >= 11 is 0. The van der Waals surface area contributed by atoms with E-state index in [9.17, 15) is 17.8 Å². The van der Waals surface area contributed by atoms with Crippen molar-refractivity contribution < 1.29 is 22.5 Å². The predicted octanol–water partition coefficient (Wildman–Crippen LogP) is 6.40. The number of nitrogens with zero attached hydrogens (tertiary/aromatic N) is 2. The number of anilines is 1. The van der Waals surface area contributed by atoms with Gasteiger partial charge in [-0.2, -0.15) is 0 Å². The SMILES string of the molecule is C/C=C(\C(C)F)S(=O)N1CCC(N2C(=O)OCc3cccc(C)c32)CC1.CC=C(C)C.CF. The average molecular weight is 485 g/mol. The number of carbonyl (C=O) groups excluding carboxylic acids is 1. The Labute approximate surface area is 200 Å². The van der Waals surface area contributed by atoms with Crippen molar-refractivity contribution in [2.75, 3.05) is 25.2 Å². The molecule has 1 amide bonds. The summed E-state index contributed by atoms with van der Waals surface area (Å²) in [5.74, 6) is 0. The Kier molecular flexibility index (Phi) is 12.5. The van der Waals surface area contributed by atoms with E-state index in [2.05, 4.69) is 19.9 Å². The number of rotatable bonds is 4. The number of aryl methyl sites for hydroxylation is 1. The van der Waals surface area contributed by atoms with Crippen LogP contribution in [0.3, 0.4) is 0 Å². The Hall–Kier alpha value is -2.06. The van der Waals surface area contributed by atoms with E-state index in [4.69, 9.17) is 4.74 Å². The molecule has 0 spiro atoms. The number of halogens is 2. The normalized spacial score (nSPS) is 18.5. The van der Waals surface area contributed by atoms with Crippen molar-refractivity contribution in [3.8, 4) is 0 Å². The summed E-state index contributed by atoms with van der Waals surface area (Å²) in [5.41, 5.74) is 4.38. The molecule has 0 bridgehead atoms. The topological polar surface area (TPSA) is 49.9 Å². The minimum atomic E-state index is -1.47. The Morgan fingerprint density at radius 1 is 1.18 bits per heavy atom. The third kappa shape index (κ3) is 7.74. The van der Waals surface area contributed by atoms with Crippen LogP contribution < -0.4 is 4.90 Å². The first kappa shape index (κ1) is 29.0. The summed E-state index contributed by atoms with van der Waals surface area (Å²) in [4.78, 5) is 14.5. The van der Waals surface area contributed by atoms with Gasteiger partial charge in [-0.25, -0.2) is 17.7 Å². The van der Waals surface area contributed by atoms with Crippen LogP contribution >= 0.6 is 0 Å². The van der Waals surface area contributed by atoms with Gasteiger partial charge in [0, 0.05) is 24.7 Å². The molecule has 186 valence electrons. The highest BCUT2D eigenvalue weighted by Gasteiger charge is 2.36. The molecule has 2 aliphatic heterocycles. The fraction of sp³-hybridized carbons (Fsp3) is 0.560. The Morgan fingerprint density at radius 2 is 1.76 bits per heavy atom. The molecule has 0 radical (unpaired) electrons. The highest BCUT2D eigenvalue weighted by molar-refractivity contribution is 7.86. The van der Waals surface area contributed by atoms with Crippen LogP contribution in [0, 0.1) is 6.92 Å². The number of ether oxygens (including phenoxy) is 1. The van der Waals surface area contributed by atoms with Crippen LogP contribution in [0.1, 0.15) is 58.6 Å². The first-order valence-electron chi connectivity index (χ1n) is 11.2. The summed E-state index contributed by atoms with van der Waals surface area (Å²) < 4.78 is 42.9. The number of carbonyl (C=O) groups is 1. The number of fused-ring (bicyclic) bond motifs is 1. The summed E-state index contributed by atoms with van der Waals surface area (Å²) in [7, 11) is -0.968. The molecular weight excluding hydrogens is 446 g/mol. The molecule has 0 saturated carbocycles. The second-order valence-corrected chi connectivity index (χ2v) is 9.58. The lowest BCUT2D eigenvalue weighted by Crippen LogP contribution is -2.50. The summed E-state index contributed by atoms with van der Waals surface area (Å²) in [6.07, 6.45) is 3.47. The Morgan fingerprint density at radius 3 is 2.24 bits per heavy atom. The smallest absolute Gasteiger partial charge is 0.414 e. The fourth-order valence-corrected chi connectivity index (χ4v) is 5.02. The summed E-state index contributed by atoms with van der Waals surface area (Å²) in [6, 6.07) is 5.93. The quantitative estimate of drug-likeness (QED) is 0.465. The molecule has 2 heterocycles. The van der Waals surface area contributed by atoms with Crippen LogP contribution in [-0.2, 0) is 22.3 Å². The molecule has 2 atom stereocenters. The third-order valence-corrected chi connectivity index (χ3v) is 7.39. The summed E-state index contributed by atoms with van der Waals surface area (Å²) in [6.45, 7) is 12.7. The van der Waals surface area contributed by atoms with Crippen molar-refractivity contribution in [2.45, 2.75) is 73.2 Å². The fourth-order valence-electron chi connectivity index (χ4n) is 3.70. The molecule has 1 saturated heterocycles. The van der Waals surface area contributed by atoms with Gasteiger partial charge in [0.15, 0.2) is 0 Å². The minimum absolute atomic E-state index is 0.00671. The molecule has 0 N–H and O–H groups in total. The molecule has 2 aliphatic rings. The molecule has 1 fully saturated rings. The van der Waals surface area contributed by atoms with Gasteiger partial charge in [0.25, 0.3) is 0 Å². The molecular formula is C25H38F2N2O3S. The van der Waals surface area contributed by atoms with Gasteiger partial charge < -0.3 is 4.74 Å². The van der Waals surface area contributed by atoms with Crippen LogP contribution in [0.4, 0.5) is 19.3 Å². The van der Waals surface area contributed by atoms with Crippen molar-refractivity contribution in [1.29, 1.82) is 0 Å². The first-order chi connectivity index (χ1) is 15.7. The van der Waals surface area contributed by atoms with Crippen molar-refractivity contribution in [3.05, 3.63) is 52.0 Å². The van der Waals surface area contributed by atoms with E-state index in [0.29, 0.717) is 44.6 Å². The molecule has 1 aromatic rings. The standard InChI is InChI=1S/C19H25FN2O3S.C5H10.CH3F/c1-4-17(14(3)20)26(24)21-10-8-16(9-11-21)22-18-13(2)6-5-7-15(18)12-25-19(22)23;1-4-5(2)3;1-2/h4-7,14,16H,8-12H2,1-3H3;4H,1-3H3;1H3/b17-4+;;. The molecule has 5 nitrogen and oxygen atoms in total. The zero-order valence-corrected chi connectivity index (χ0v) is 21.7. The van der Waals surface area contributed by atoms with E-state index >= 15 is 0 Å². The Balaban J connectivity index is 0.000000689. The number of amides is 1. The molecule has 0 aliphatic carbocycles. The lowest BCUT2D eigenvalue weighted by Gasteiger charge is -2.40. The van der Waals surface area contributed by atoms with Gasteiger partial charge in [-0.1, -0.05) is 35.9 Å². The third-order valence-electron chi connectivity index (χ3n) is 5.59. The summed E-state index contributed by atoms with van der Waals surface area (Å²) in [5, 5.41) is 0. The van der Waals surface area contributed by atoms with Gasteiger partial charge in [0.05, 0.1) is 17.8 Å². The van der Waals surface area contributed by atoms with Crippen molar-refractivity contribution in [2.24, 2.45) is 0 Å². The number of alkyl halides is 2. The van der Waals surface area contributed by atoms with Crippen LogP contribution in [0.25, 0.3) is 0 Å². The molecule has 0 aromatic heterocycles. The maximum Gasteiger partial charge on any atom is 0.414 e. The molecule has 2 unspecified atom stereocenters. The number of para-hydroxylation sites is 1. The maximum atomic E-state index is 13.6. The second kappa shape index (κ2) is 14.3. The monoisotopic (exact) mass is 484 g/mol. The minimum Gasteiger partial charge on any atom is -0.444 e. The van der Waals surface area contributed by atoms with Crippen LogP contribution in [0.15, 0.2) is 40.8 Å². The van der Waals surface area contributed by atoms with Gasteiger partial charge in [-0.15, -0.1) is 0 Å². The number of hydrogen-bond acceptors (Lipinski definition) is 3. The molecule has 33 heavy (non-hydrogen) atoms. The number of cyclic esters (lactones) is 1. The van der Waals surface area contributed by atoms with E-state index in [-0.39, 0.29) is 12.1 Å².